The van der Waals surface area contributed by atoms with Crippen LogP contribution in [0.1, 0.15) is 29.9 Å². The second kappa shape index (κ2) is 6.83. The molecule has 20 heavy (non-hydrogen) atoms. The molecule has 0 bridgehead atoms. The molecule has 2 N–H and O–H groups in total. The van der Waals surface area contributed by atoms with Crippen molar-refractivity contribution in [3.05, 3.63) is 23.4 Å². The molecule has 1 rings (SSSR count). The number of hydrogen-bond donors (Lipinski definition) is 2. The van der Waals surface area contributed by atoms with Crippen molar-refractivity contribution in [3.63, 3.8) is 0 Å². The first-order valence-electron chi connectivity index (χ1n) is 5.91. The summed E-state index contributed by atoms with van der Waals surface area (Å²) in [5.74, 6) is -0.0537. The highest BCUT2D eigenvalue weighted by Gasteiger charge is 2.33. The Morgan fingerprint density at radius 1 is 1.50 bits per heavy atom. The minimum absolute atomic E-state index is 0.186. The SMILES string of the molecule is CCSCC(C)Nc1nc(C(F)(F)F)ccc1C(=O)O. The number of alkyl halides is 3. The molecule has 0 aliphatic carbocycles. The second-order valence-electron chi connectivity index (χ2n) is 4.10. The summed E-state index contributed by atoms with van der Waals surface area (Å²) in [5, 5.41) is 11.7. The summed E-state index contributed by atoms with van der Waals surface area (Å²) >= 11 is 1.60. The summed E-state index contributed by atoms with van der Waals surface area (Å²) in [4.78, 5) is 14.4. The third kappa shape index (κ3) is 4.59. The molecule has 1 unspecified atom stereocenters. The van der Waals surface area contributed by atoms with E-state index in [1.165, 1.54) is 0 Å². The Morgan fingerprint density at radius 3 is 2.65 bits per heavy atom. The van der Waals surface area contributed by atoms with E-state index in [0.29, 0.717) is 11.8 Å². The average Bonchev–Trinajstić information content (AvgIpc) is 2.34. The average molecular weight is 308 g/mol. The largest absolute Gasteiger partial charge is 0.478 e. The lowest BCUT2D eigenvalue weighted by atomic mass is 10.2. The summed E-state index contributed by atoms with van der Waals surface area (Å²) in [6, 6.07) is 1.40. The van der Waals surface area contributed by atoms with E-state index in [1.54, 1.807) is 18.7 Å². The molecule has 8 heteroatoms. The van der Waals surface area contributed by atoms with Crippen molar-refractivity contribution in [1.82, 2.24) is 4.98 Å². The number of anilines is 1. The van der Waals surface area contributed by atoms with Crippen molar-refractivity contribution in [2.45, 2.75) is 26.1 Å². The minimum atomic E-state index is -4.60. The lowest BCUT2D eigenvalue weighted by Gasteiger charge is -2.17. The molecule has 4 nitrogen and oxygen atoms in total. The number of nitrogens with one attached hydrogen (secondary N) is 1. The van der Waals surface area contributed by atoms with Gasteiger partial charge >= 0.3 is 12.1 Å². The maximum absolute atomic E-state index is 12.6. The summed E-state index contributed by atoms with van der Waals surface area (Å²) in [7, 11) is 0. The van der Waals surface area contributed by atoms with E-state index >= 15 is 0 Å². The number of carboxylic acids is 1. The molecule has 1 aromatic heterocycles. The van der Waals surface area contributed by atoms with Crippen LogP contribution in [0.15, 0.2) is 12.1 Å². The summed E-state index contributed by atoms with van der Waals surface area (Å²) < 4.78 is 37.8. The molecule has 0 saturated carbocycles. The number of rotatable bonds is 6. The molecule has 0 amide bonds. The fraction of sp³-hybridized carbons (Fsp3) is 0.500. The summed E-state index contributed by atoms with van der Waals surface area (Å²) in [6.45, 7) is 3.72. The molecule has 112 valence electrons. The van der Waals surface area contributed by atoms with E-state index in [0.717, 1.165) is 11.8 Å². The fourth-order valence-electron chi connectivity index (χ4n) is 1.47. The highest BCUT2D eigenvalue weighted by Crippen LogP contribution is 2.29. The van der Waals surface area contributed by atoms with Gasteiger partial charge in [0.15, 0.2) is 0 Å². The molecule has 0 spiro atoms. The number of nitrogens with zero attached hydrogens (tertiary/aromatic N) is 1. The van der Waals surface area contributed by atoms with Crippen LogP contribution in [0, 0.1) is 0 Å². The van der Waals surface area contributed by atoms with Gasteiger partial charge in [-0.05, 0) is 24.8 Å². The topological polar surface area (TPSA) is 62.2 Å². The lowest BCUT2D eigenvalue weighted by molar-refractivity contribution is -0.141. The van der Waals surface area contributed by atoms with Crippen LogP contribution in [0.5, 0.6) is 0 Å². The van der Waals surface area contributed by atoms with Gasteiger partial charge in [0.25, 0.3) is 0 Å². The van der Waals surface area contributed by atoms with E-state index < -0.39 is 17.8 Å². The smallest absolute Gasteiger partial charge is 0.433 e. The second-order valence-corrected chi connectivity index (χ2v) is 5.42. The first kappa shape index (κ1) is 16.6. The van der Waals surface area contributed by atoms with Crippen molar-refractivity contribution in [2.75, 3.05) is 16.8 Å². The van der Waals surface area contributed by atoms with Gasteiger partial charge < -0.3 is 10.4 Å². The number of carboxylic acid groups (broad SMARTS) is 1. The van der Waals surface area contributed by atoms with Gasteiger partial charge in [-0.2, -0.15) is 24.9 Å². The molecule has 0 aliphatic rings. The van der Waals surface area contributed by atoms with Crippen molar-refractivity contribution >= 4 is 23.5 Å². The number of carbonyl (C=O) groups is 1. The molecule has 1 atom stereocenters. The molecule has 0 aliphatic heterocycles. The van der Waals surface area contributed by atoms with Crippen LogP contribution in [-0.4, -0.2) is 33.6 Å². The summed E-state index contributed by atoms with van der Waals surface area (Å²) in [5.41, 5.74) is -1.38. The Kier molecular flexibility index (Phi) is 5.67. The Morgan fingerprint density at radius 2 is 2.15 bits per heavy atom. The third-order valence-corrected chi connectivity index (χ3v) is 3.52. The molecule has 0 radical (unpaired) electrons. The summed E-state index contributed by atoms with van der Waals surface area (Å²) in [6.07, 6.45) is -4.60. The maximum Gasteiger partial charge on any atom is 0.433 e. The zero-order valence-corrected chi connectivity index (χ0v) is 11.8. The van der Waals surface area contributed by atoms with E-state index in [-0.39, 0.29) is 17.4 Å². The highest BCUT2D eigenvalue weighted by molar-refractivity contribution is 7.99. The van der Waals surface area contributed by atoms with Crippen LogP contribution in [0.3, 0.4) is 0 Å². The molecule has 1 aromatic rings. The molecular weight excluding hydrogens is 293 g/mol. The quantitative estimate of drug-likeness (QED) is 0.844. The van der Waals surface area contributed by atoms with Crippen molar-refractivity contribution in [3.8, 4) is 0 Å². The predicted octanol–water partition coefficient (Wildman–Crippen LogP) is 3.35. The van der Waals surface area contributed by atoms with Gasteiger partial charge in [0.2, 0.25) is 0 Å². The first-order valence-corrected chi connectivity index (χ1v) is 7.07. The zero-order valence-electron chi connectivity index (χ0n) is 11.0. The van der Waals surface area contributed by atoms with Gasteiger partial charge in [0.05, 0.1) is 0 Å². The number of pyridine rings is 1. The Bertz CT molecular complexity index is 480. The van der Waals surface area contributed by atoms with E-state index in [4.69, 9.17) is 5.11 Å². The van der Waals surface area contributed by atoms with Crippen LogP contribution in [0.25, 0.3) is 0 Å². The normalized spacial score (nSPS) is 13.1. The van der Waals surface area contributed by atoms with Gasteiger partial charge in [0, 0.05) is 11.8 Å². The standard InChI is InChI=1S/C12H15F3N2O2S/c1-3-20-6-7(2)16-10-8(11(18)19)4-5-9(17-10)12(13,14)15/h4-5,7H,3,6H2,1-2H3,(H,16,17)(H,18,19). The fourth-order valence-corrected chi connectivity index (χ4v) is 2.14. The van der Waals surface area contributed by atoms with Gasteiger partial charge in [-0.3, -0.25) is 0 Å². The maximum atomic E-state index is 12.6. The lowest BCUT2D eigenvalue weighted by Crippen LogP contribution is -2.22. The highest BCUT2D eigenvalue weighted by atomic mass is 32.2. The van der Waals surface area contributed by atoms with Gasteiger partial charge in [-0.15, -0.1) is 0 Å². The third-order valence-electron chi connectivity index (χ3n) is 2.37. The molecule has 1 heterocycles. The van der Waals surface area contributed by atoms with E-state index in [1.807, 2.05) is 6.92 Å². The predicted molar refractivity (Wildman–Crippen MR) is 72.3 cm³/mol. The zero-order chi connectivity index (χ0) is 15.3. The Labute approximate surface area is 118 Å². The molecular formula is C12H15F3N2O2S. The van der Waals surface area contributed by atoms with Crippen molar-refractivity contribution in [2.24, 2.45) is 0 Å². The molecule has 0 aromatic carbocycles. The number of halogens is 3. The number of aromatic nitrogens is 1. The number of thioether (sulfide) groups is 1. The van der Waals surface area contributed by atoms with Crippen LogP contribution in [-0.2, 0) is 6.18 Å². The number of aromatic carboxylic acids is 1. The molecule has 0 saturated heterocycles. The van der Waals surface area contributed by atoms with Crippen LogP contribution >= 0.6 is 11.8 Å². The number of hydrogen-bond acceptors (Lipinski definition) is 4. The van der Waals surface area contributed by atoms with Crippen molar-refractivity contribution < 1.29 is 23.1 Å². The Hall–Kier alpha value is -1.44. The monoisotopic (exact) mass is 308 g/mol. The first-order chi connectivity index (χ1) is 9.25. The van der Waals surface area contributed by atoms with Gasteiger partial charge in [-0.1, -0.05) is 6.92 Å². The van der Waals surface area contributed by atoms with Crippen LogP contribution in [0.4, 0.5) is 19.0 Å². The van der Waals surface area contributed by atoms with Gasteiger partial charge in [0.1, 0.15) is 17.1 Å². The van der Waals surface area contributed by atoms with E-state index in [9.17, 15) is 18.0 Å². The molecule has 0 fully saturated rings. The minimum Gasteiger partial charge on any atom is -0.478 e. The van der Waals surface area contributed by atoms with Crippen LogP contribution in [0.2, 0.25) is 0 Å². The van der Waals surface area contributed by atoms with E-state index in [2.05, 4.69) is 10.3 Å². The van der Waals surface area contributed by atoms with Crippen LogP contribution < -0.4 is 5.32 Å². The van der Waals surface area contributed by atoms with Crippen molar-refractivity contribution in [1.29, 1.82) is 0 Å². The van der Waals surface area contributed by atoms with Gasteiger partial charge in [-0.25, -0.2) is 9.78 Å². The Balaban J connectivity index is 3.03.